The molecule has 1 saturated heterocycles. The van der Waals surface area contributed by atoms with Gasteiger partial charge in [0.1, 0.15) is 0 Å². The quantitative estimate of drug-likeness (QED) is 0.808. The lowest BCUT2D eigenvalue weighted by molar-refractivity contribution is -0.160. The van der Waals surface area contributed by atoms with Gasteiger partial charge in [-0.15, -0.1) is 0 Å². The highest BCUT2D eigenvalue weighted by atomic mass is 16.5. The molecule has 1 heterocycles. The van der Waals surface area contributed by atoms with Crippen molar-refractivity contribution in [3.05, 3.63) is 0 Å². The monoisotopic (exact) mass is 244 g/mol. The average Bonchev–Trinajstić information content (AvgIpc) is 2.27. The summed E-state index contributed by atoms with van der Waals surface area (Å²) in [6.45, 7) is 9.00. The molecular formula is C14H28O3. The molecule has 0 saturated carbocycles. The molecule has 0 spiro atoms. The summed E-state index contributed by atoms with van der Waals surface area (Å²) in [5.74, 6) is 0. The zero-order valence-corrected chi connectivity index (χ0v) is 12.0. The summed E-state index contributed by atoms with van der Waals surface area (Å²) in [6, 6.07) is 0. The largest absolute Gasteiger partial charge is 0.390 e. The van der Waals surface area contributed by atoms with E-state index in [1.807, 2.05) is 0 Å². The van der Waals surface area contributed by atoms with Crippen LogP contribution in [-0.2, 0) is 9.47 Å². The first-order chi connectivity index (χ1) is 7.74. The van der Waals surface area contributed by atoms with E-state index < -0.39 is 5.60 Å². The van der Waals surface area contributed by atoms with Crippen LogP contribution in [0.4, 0.5) is 0 Å². The summed E-state index contributed by atoms with van der Waals surface area (Å²) >= 11 is 0. The zero-order chi connectivity index (χ0) is 13.2. The molecule has 1 aliphatic rings. The van der Waals surface area contributed by atoms with Crippen molar-refractivity contribution in [2.45, 2.75) is 76.6 Å². The maximum atomic E-state index is 10.7. The fourth-order valence-electron chi connectivity index (χ4n) is 2.40. The molecular weight excluding hydrogens is 216 g/mol. The van der Waals surface area contributed by atoms with Crippen molar-refractivity contribution in [1.29, 1.82) is 0 Å². The fraction of sp³-hybridized carbons (Fsp3) is 1.00. The van der Waals surface area contributed by atoms with Gasteiger partial charge in [0, 0.05) is 13.5 Å². The van der Waals surface area contributed by atoms with Gasteiger partial charge in [0.25, 0.3) is 0 Å². The highest BCUT2D eigenvalue weighted by Crippen LogP contribution is 2.38. The van der Waals surface area contributed by atoms with E-state index >= 15 is 0 Å². The molecule has 1 aliphatic heterocycles. The minimum absolute atomic E-state index is 0.156. The summed E-state index contributed by atoms with van der Waals surface area (Å²) in [7, 11) is 1.73. The molecule has 2 unspecified atom stereocenters. The summed E-state index contributed by atoms with van der Waals surface area (Å²) in [6.07, 6.45) is 4.08. The van der Waals surface area contributed by atoms with Crippen LogP contribution in [0.2, 0.25) is 0 Å². The van der Waals surface area contributed by atoms with Gasteiger partial charge < -0.3 is 14.6 Å². The number of methoxy groups -OCH3 is 1. The maximum Gasteiger partial charge on any atom is 0.0698 e. The molecule has 3 heteroatoms. The molecule has 1 fully saturated rings. The molecule has 17 heavy (non-hydrogen) atoms. The predicted octanol–water partition coefficient (Wildman–Crippen LogP) is 2.90. The second kappa shape index (κ2) is 5.25. The molecule has 0 bridgehead atoms. The maximum absolute atomic E-state index is 10.7. The molecule has 1 rings (SSSR count). The molecule has 2 atom stereocenters. The van der Waals surface area contributed by atoms with Crippen LogP contribution in [0.15, 0.2) is 0 Å². The Morgan fingerprint density at radius 3 is 2.59 bits per heavy atom. The van der Waals surface area contributed by atoms with Crippen LogP contribution in [-0.4, -0.2) is 35.6 Å². The van der Waals surface area contributed by atoms with Gasteiger partial charge in [-0.05, 0) is 46.5 Å². The number of rotatable bonds is 5. The van der Waals surface area contributed by atoms with Crippen LogP contribution < -0.4 is 0 Å². The first kappa shape index (κ1) is 14.9. The standard InChI is InChI=1S/C14H28O3/c1-6-13(4)11-14(15,9-10-17-13)8-7-12(2,3)16-5/h15H,6-11H2,1-5H3. The third-order valence-corrected chi connectivity index (χ3v) is 4.21. The Kier molecular flexibility index (Phi) is 4.61. The minimum atomic E-state index is -0.585. The minimum Gasteiger partial charge on any atom is -0.390 e. The summed E-state index contributed by atoms with van der Waals surface area (Å²) < 4.78 is 11.2. The number of aliphatic hydroxyl groups is 1. The van der Waals surface area contributed by atoms with E-state index in [9.17, 15) is 5.11 Å². The van der Waals surface area contributed by atoms with Crippen molar-refractivity contribution in [2.75, 3.05) is 13.7 Å². The van der Waals surface area contributed by atoms with Crippen LogP contribution in [0.1, 0.15) is 59.8 Å². The predicted molar refractivity (Wildman–Crippen MR) is 69.2 cm³/mol. The molecule has 0 aromatic heterocycles. The second-order valence-corrected chi connectivity index (χ2v) is 6.27. The van der Waals surface area contributed by atoms with Crippen molar-refractivity contribution >= 4 is 0 Å². The zero-order valence-electron chi connectivity index (χ0n) is 12.0. The molecule has 3 nitrogen and oxygen atoms in total. The van der Waals surface area contributed by atoms with Gasteiger partial charge in [-0.25, -0.2) is 0 Å². The van der Waals surface area contributed by atoms with E-state index in [-0.39, 0.29) is 11.2 Å². The van der Waals surface area contributed by atoms with Gasteiger partial charge in [0.15, 0.2) is 0 Å². The smallest absolute Gasteiger partial charge is 0.0698 e. The van der Waals surface area contributed by atoms with Gasteiger partial charge in [-0.1, -0.05) is 6.92 Å². The van der Waals surface area contributed by atoms with Crippen molar-refractivity contribution < 1.29 is 14.6 Å². The van der Waals surface area contributed by atoms with Crippen molar-refractivity contribution in [3.63, 3.8) is 0 Å². The molecule has 102 valence electrons. The third kappa shape index (κ3) is 4.23. The van der Waals surface area contributed by atoms with Crippen molar-refractivity contribution in [3.8, 4) is 0 Å². The highest BCUT2D eigenvalue weighted by Gasteiger charge is 2.41. The van der Waals surface area contributed by atoms with E-state index in [0.29, 0.717) is 6.61 Å². The fourth-order valence-corrected chi connectivity index (χ4v) is 2.40. The normalized spacial score (nSPS) is 34.9. The SMILES string of the molecule is CCC1(C)CC(O)(CCC(C)(C)OC)CCO1. The lowest BCUT2D eigenvalue weighted by atomic mass is 9.78. The van der Waals surface area contributed by atoms with Crippen LogP contribution in [0.5, 0.6) is 0 Å². The number of hydrogen-bond acceptors (Lipinski definition) is 3. The van der Waals surface area contributed by atoms with Crippen LogP contribution >= 0.6 is 0 Å². The van der Waals surface area contributed by atoms with E-state index in [0.717, 1.165) is 32.1 Å². The summed E-state index contributed by atoms with van der Waals surface area (Å²) in [4.78, 5) is 0. The molecule has 1 N–H and O–H groups in total. The molecule has 0 aromatic carbocycles. The van der Waals surface area contributed by atoms with Crippen molar-refractivity contribution in [1.82, 2.24) is 0 Å². The third-order valence-electron chi connectivity index (χ3n) is 4.21. The topological polar surface area (TPSA) is 38.7 Å². The Morgan fingerprint density at radius 1 is 1.41 bits per heavy atom. The van der Waals surface area contributed by atoms with Crippen LogP contribution in [0.25, 0.3) is 0 Å². The molecule has 0 aromatic rings. The number of hydrogen-bond donors (Lipinski definition) is 1. The van der Waals surface area contributed by atoms with Gasteiger partial charge in [-0.3, -0.25) is 0 Å². The Balaban J connectivity index is 2.56. The summed E-state index contributed by atoms with van der Waals surface area (Å²) in [5.41, 5.74) is -0.903. The Hall–Kier alpha value is -0.120. The van der Waals surface area contributed by atoms with E-state index in [4.69, 9.17) is 9.47 Å². The van der Waals surface area contributed by atoms with Gasteiger partial charge in [0.2, 0.25) is 0 Å². The molecule has 0 radical (unpaired) electrons. The van der Waals surface area contributed by atoms with Crippen LogP contribution in [0, 0.1) is 0 Å². The van der Waals surface area contributed by atoms with Crippen molar-refractivity contribution in [2.24, 2.45) is 0 Å². The first-order valence-electron chi connectivity index (χ1n) is 6.66. The van der Waals surface area contributed by atoms with E-state index in [1.54, 1.807) is 7.11 Å². The van der Waals surface area contributed by atoms with Gasteiger partial charge >= 0.3 is 0 Å². The lowest BCUT2D eigenvalue weighted by Gasteiger charge is -2.44. The molecule has 0 amide bonds. The second-order valence-electron chi connectivity index (χ2n) is 6.27. The first-order valence-corrected chi connectivity index (χ1v) is 6.66. The van der Waals surface area contributed by atoms with E-state index in [2.05, 4.69) is 27.7 Å². The Bertz CT molecular complexity index is 252. The van der Waals surface area contributed by atoms with Gasteiger partial charge in [-0.2, -0.15) is 0 Å². The lowest BCUT2D eigenvalue weighted by Crippen LogP contribution is -2.47. The van der Waals surface area contributed by atoms with Gasteiger partial charge in [0.05, 0.1) is 23.4 Å². The average molecular weight is 244 g/mol. The highest BCUT2D eigenvalue weighted by molar-refractivity contribution is 4.93. The Labute approximate surface area is 105 Å². The summed E-state index contributed by atoms with van der Waals surface area (Å²) in [5, 5.41) is 10.7. The number of ether oxygens (including phenoxy) is 2. The molecule has 0 aliphatic carbocycles. The van der Waals surface area contributed by atoms with E-state index in [1.165, 1.54) is 0 Å². The van der Waals surface area contributed by atoms with Crippen LogP contribution in [0.3, 0.4) is 0 Å². The Morgan fingerprint density at radius 2 is 2.06 bits per heavy atom.